The van der Waals surface area contributed by atoms with Crippen molar-refractivity contribution in [3.8, 4) is 0 Å². The quantitative estimate of drug-likeness (QED) is 0.666. The van der Waals surface area contributed by atoms with Crippen LogP contribution < -0.4 is 5.32 Å². The fraction of sp³-hybridized carbons (Fsp3) is 0.846. The van der Waals surface area contributed by atoms with Crippen LogP contribution >= 0.6 is 0 Å². The molecule has 1 aliphatic heterocycles. The maximum absolute atomic E-state index is 11.9. The van der Waals surface area contributed by atoms with Crippen LogP contribution in [0.15, 0.2) is 0 Å². The first-order chi connectivity index (χ1) is 8.58. The van der Waals surface area contributed by atoms with Crippen LogP contribution in [0.3, 0.4) is 0 Å². The predicted molar refractivity (Wildman–Crippen MR) is 71.2 cm³/mol. The first kappa shape index (κ1) is 15.0. The van der Waals surface area contributed by atoms with E-state index in [0.29, 0.717) is 19.0 Å². The molecule has 1 aliphatic rings. The molecule has 1 heterocycles. The lowest BCUT2D eigenvalue weighted by Gasteiger charge is -2.34. The van der Waals surface area contributed by atoms with Gasteiger partial charge in [-0.3, -0.25) is 9.59 Å². The fourth-order valence-electron chi connectivity index (χ4n) is 2.12. The highest BCUT2D eigenvalue weighted by Gasteiger charge is 2.29. The number of nitrogens with zero attached hydrogens (tertiary/aromatic N) is 2. The van der Waals surface area contributed by atoms with Crippen molar-refractivity contribution in [2.24, 2.45) is 5.92 Å². The molecule has 5 heteroatoms. The highest BCUT2D eigenvalue weighted by atomic mass is 16.2. The van der Waals surface area contributed by atoms with Gasteiger partial charge in [0.05, 0.1) is 13.1 Å². The molecule has 0 spiro atoms. The summed E-state index contributed by atoms with van der Waals surface area (Å²) in [5, 5.41) is 3.34. The molecular weight excluding hydrogens is 230 g/mol. The van der Waals surface area contributed by atoms with Gasteiger partial charge >= 0.3 is 0 Å². The van der Waals surface area contributed by atoms with Gasteiger partial charge in [0.25, 0.3) is 0 Å². The van der Waals surface area contributed by atoms with E-state index < -0.39 is 0 Å². The maximum Gasteiger partial charge on any atom is 0.242 e. The van der Waals surface area contributed by atoms with Crippen LogP contribution in [0.4, 0.5) is 0 Å². The molecule has 0 radical (unpaired) electrons. The lowest BCUT2D eigenvalue weighted by Crippen LogP contribution is -2.54. The number of hydrogen-bond donors (Lipinski definition) is 1. The first-order valence-electron chi connectivity index (χ1n) is 6.84. The largest absolute Gasteiger partial charge is 0.332 e. The molecule has 1 atom stereocenters. The van der Waals surface area contributed by atoms with E-state index in [1.54, 1.807) is 9.80 Å². The van der Waals surface area contributed by atoms with Gasteiger partial charge in [-0.05, 0) is 32.4 Å². The fourth-order valence-corrected chi connectivity index (χ4v) is 2.12. The average Bonchev–Trinajstić information content (AvgIpc) is 2.33. The van der Waals surface area contributed by atoms with Crippen molar-refractivity contribution in [3.05, 3.63) is 0 Å². The normalized spacial score (nSPS) is 18.4. The molecule has 1 rings (SSSR count). The van der Waals surface area contributed by atoms with Gasteiger partial charge in [-0.15, -0.1) is 0 Å². The Morgan fingerprint density at radius 2 is 1.78 bits per heavy atom. The Labute approximate surface area is 110 Å². The summed E-state index contributed by atoms with van der Waals surface area (Å²) in [6, 6.07) is 0. The highest BCUT2D eigenvalue weighted by Crippen LogP contribution is 2.07. The zero-order valence-corrected chi connectivity index (χ0v) is 11.7. The van der Waals surface area contributed by atoms with Crippen molar-refractivity contribution >= 4 is 11.8 Å². The minimum Gasteiger partial charge on any atom is -0.332 e. The summed E-state index contributed by atoms with van der Waals surface area (Å²) in [6.07, 6.45) is 1.11. The van der Waals surface area contributed by atoms with E-state index in [-0.39, 0.29) is 24.9 Å². The minimum atomic E-state index is 0.0609. The number of rotatable bonds is 7. The predicted octanol–water partition coefficient (Wildman–Crippen LogP) is 0.313. The van der Waals surface area contributed by atoms with Crippen molar-refractivity contribution < 1.29 is 9.59 Å². The molecule has 1 N–H and O–H groups in total. The maximum atomic E-state index is 11.9. The monoisotopic (exact) mass is 255 g/mol. The first-order valence-corrected chi connectivity index (χ1v) is 6.84. The van der Waals surface area contributed by atoms with Crippen LogP contribution in [0.5, 0.6) is 0 Å². The van der Waals surface area contributed by atoms with Gasteiger partial charge in [-0.2, -0.15) is 0 Å². The standard InChI is InChI=1S/C13H25N3O2/c1-4-6-14-7-11(3)8-16-10-12(17)15(5-2)9-13(16)18/h11,14H,4-10H2,1-3H3. The van der Waals surface area contributed by atoms with Crippen LogP contribution in [0, 0.1) is 5.92 Å². The number of carbonyl (C=O) groups excluding carboxylic acids is 2. The van der Waals surface area contributed by atoms with Crippen LogP contribution in [0.1, 0.15) is 27.2 Å². The molecule has 1 saturated heterocycles. The zero-order valence-electron chi connectivity index (χ0n) is 11.7. The van der Waals surface area contributed by atoms with Crippen molar-refractivity contribution in [3.63, 3.8) is 0 Å². The molecule has 0 saturated carbocycles. The second-order valence-corrected chi connectivity index (χ2v) is 4.99. The SMILES string of the molecule is CCCNCC(C)CN1CC(=O)N(CC)CC1=O. The molecule has 18 heavy (non-hydrogen) atoms. The van der Waals surface area contributed by atoms with Gasteiger partial charge in [-0.25, -0.2) is 0 Å². The molecule has 0 aliphatic carbocycles. The van der Waals surface area contributed by atoms with Crippen molar-refractivity contribution in [2.45, 2.75) is 27.2 Å². The van der Waals surface area contributed by atoms with Crippen molar-refractivity contribution in [2.75, 3.05) is 39.3 Å². The second kappa shape index (κ2) is 7.36. The van der Waals surface area contributed by atoms with Gasteiger partial charge in [0, 0.05) is 13.1 Å². The Bertz CT molecular complexity index is 294. The van der Waals surface area contributed by atoms with Gasteiger partial charge in [0.15, 0.2) is 0 Å². The molecule has 0 aromatic heterocycles. The summed E-state index contributed by atoms with van der Waals surface area (Å²) in [5.41, 5.74) is 0. The summed E-state index contributed by atoms with van der Waals surface area (Å²) in [6.45, 7) is 9.79. The third-order valence-corrected chi connectivity index (χ3v) is 3.19. The highest BCUT2D eigenvalue weighted by molar-refractivity contribution is 5.92. The summed E-state index contributed by atoms with van der Waals surface area (Å²) in [7, 11) is 0. The summed E-state index contributed by atoms with van der Waals surface area (Å²) in [5.74, 6) is 0.506. The Hall–Kier alpha value is -1.10. The lowest BCUT2D eigenvalue weighted by molar-refractivity contribution is -0.150. The summed E-state index contributed by atoms with van der Waals surface area (Å²) in [4.78, 5) is 26.9. The average molecular weight is 255 g/mol. The summed E-state index contributed by atoms with van der Waals surface area (Å²) < 4.78 is 0. The molecule has 0 bridgehead atoms. The topological polar surface area (TPSA) is 52.7 Å². The van der Waals surface area contributed by atoms with Gasteiger partial charge in [-0.1, -0.05) is 13.8 Å². The van der Waals surface area contributed by atoms with Gasteiger partial charge < -0.3 is 15.1 Å². The number of nitrogens with one attached hydrogen (secondary N) is 1. The van der Waals surface area contributed by atoms with Crippen LogP contribution in [-0.4, -0.2) is 60.9 Å². The van der Waals surface area contributed by atoms with Crippen LogP contribution in [-0.2, 0) is 9.59 Å². The number of carbonyl (C=O) groups is 2. The molecule has 104 valence electrons. The Balaban J connectivity index is 2.38. The van der Waals surface area contributed by atoms with E-state index in [0.717, 1.165) is 19.5 Å². The van der Waals surface area contributed by atoms with Crippen LogP contribution in [0.2, 0.25) is 0 Å². The summed E-state index contributed by atoms with van der Waals surface area (Å²) >= 11 is 0. The number of hydrogen-bond acceptors (Lipinski definition) is 3. The van der Waals surface area contributed by atoms with E-state index >= 15 is 0 Å². The number of likely N-dealkylation sites (N-methyl/N-ethyl adjacent to an activating group) is 1. The third-order valence-electron chi connectivity index (χ3n) is 3.19. The third kappa shape index (κ3) is 4.29. The second-order valence-electron chi connectivity index (χ2n) is 4.99. The molecule has 0 aromatic rings. The molecule has 5 nitrogen and oxygen atoms in total. The van der Waals surface area contributed by atoms with E-state index in [2.05, 4.69) is 19.2 Å². The number of amides is 2. The molecular formula is C13H25N3O2. The van der Waals surface area contributed by atoms with Gasteiger partial charge in [0.1, 0.15) is 0 Å². The van der Waals surface area contributed by atoms with Gasteiger partial charge in [0.2, 0.25) is 11.8 Å². The van der Waals surface area contributed by atoms with E-state index in [1.807, 2.05) is 6.92 Å². The zero-order chi connectivity index (χ0) is 13.5. The van der Waals surface area contributed by atoms with E-state index in [1.165, 1.54) is 0 Å². The van der Waals surface area contributed by atoms with E-state index in [9.17, 15) is 9.59 Å². The smallest absolute Gasteiger partial charge is 0.242 e. The van der Waals surface area contributed by atoms with E-state index in [4.69, 9.17) is 0 Å². The molecule has 1 unspecified atom stereocenters. The Kier molecular flexibility index (Phi) is 6.12. The Morgan fingerprint density at radius 3 is 2.39 bits per heavy atom. The number of piperazine rings is 1. The molecule has 2 amide bonds. The molecule has 0 aromatic carbocycles. The van der Waals surface area contributed by atoms with Crippen molar-refractivity contribution in [1.29, 1.82) is 0 Å². The lowest BCUT2D eigenvalue weighted by atomic mass is 10.1. The van der Waals surface area contributed by atoms with Crippen LogP contribution in [0.25, 0.3) is 0 Å². The Morgan fingerprint density at radius 1 is 1.17 bits per heavy atom. The molecule has 1 fully saturated rings. The van der Waals surface area contributed by atoms with Crippen molar-refractivity contribution in [1.82, 2.24) is 15.1 Å². The minimum absolute atomic E-state index is 0.0609.